The fourth-order valence-corrected chi connectivity index (χ4v) is 5.92. The van der Waals surface area contributed by atoms with Gasteiger partial charge >= 0.3 is 0 Å². The van der Waals surface area contributed by atoms with Crippen LogP contribution in [0.15, 0.2) is 36.5 Å². The Hall–Kier alpha value is -3.27. The van der Waals surface area contributed by atoms with E-state index in [4.69, 9.17) is 21.3 Å². The van der Waals surface area contributed by atoms with Gasteiger partial charge in [0.25, 0.3) is 5.91 Å². The average Bonchev–Trinajstić information content (AvgIpc) is 3.18. The van der Waals surface area contributed by atoms with Gasteiger partial charge in [0.05, 0.1) is 16.8 Å². The van der Waals surface area contributed by atoms with Crippen molar-refractivity contribution >= 4 is 61.1 Å². The van der Waals surface area contributed by atoms with E-state index in [2.05, 4.69) is 45.5 Å². The Labute approximate surface area is 217 Å². The summed E-state index contributed by atoms with van der Waals surface area (Å²) in [7, 11) is 2.09. The molecule has 3 aromatic heterocycles. The van der Waals surface area contributed by atoms with Gasteiger partial charge in [-0.1, -0.05) is 13.0 Å². The van der Waals surface area contributed by atoms with Crippen LogP contribution in [0.5, 0.6) is 11.8 Å². The van der Waals surface area contributed by atoms with Crippen LogP contribution >= 0.6 is 22.9 Å². The molecule has 0 aliphatic carbocycles. The van der Waals surface area contributed by atoms with Crippen LogP contribution in [0.1, 0.15) is 35.0 Å². The Kier molecular flexibility index (Phi) is 5.99. The summed E-state index contributed by atoms with van der Waals surface area (Å²) in [6, 6.07) is 7.90. The summed E-state index contributed by atoms with van der Waals surface area (Å²) >= 11 is 7.62. The number of likely N-dealkylation sites (N-methyl/N-ethyl adjacent to an activating group) is 1. The van der Waals surface area contributed by atoms with Gasteiger partial charge in [-0.2, -0.15) is 4.98 Å². The van der Waals surface area contributed by atoms with Crippen molar-refractivity contribution in [2.24, 2.45) is 0 Å². The van der Waals surface area contributed by atoms with Crippen LogP contribution in [0.4, 0.5) is 5.69 Å². The lowest BCUT2D eigenvalue weighted by Crippen LogP contribution is -2.36. The number of nitrogens with one attached hydrogen (secondary N) is 2. The molecule has 8 nitrogen and oxygen atoms in total. The van der Waals surface area contributed by atoms with Crippen LogP contribution in [0.2, 0.25) is 5.28 Å². The molecule has 0 bridgehead atoms. The maximum atomic E-state index is 12.8. The van der Waals surface area contributed by atoms with Crippen molar-refractivity contribution in [3.63, 3.8) is 0 Å². The molecule has 0 radical (unpaired) electrons. The lowest BCUT2D eigenvalue weighted by Gasteiger charge is -2.22. The molecule has 1 amide bonds. The highest BCUT2D eigenvalue weighted by Crippen LogP contribution is 2.41. The van der Waals surface area contributed by atoms with E-state index >= 15 is 0 Å². The molecule has 2 aliphatic heterocycles. The molecule has 36 heavy (non-hydrogen) atoms. The maximum absolute atomic E-state index is 12.8. The number of amides is 1. The number of thiophene rings is 1. The van der Waals surface area contributed by atoms with Crippen molar-refractivity contribution in [2.75, 3.05) is 32.0 Å². The molecular formula is C26H25ClN6O2S. The van der Waals surface area contributed by atoms with Crippen molar-refractivity contribution in [3.8, 4) is 11.8 Å². The van der Waals surface area contributed by atoms with Crippen molar-refractivity contribution < 1.29 is 9.53 Å². The SMILES string of the molecule is CC[C@@H]1CNc2c(sc3ccc4nc(Oc5nc(Cl)ncc5C5=CCN(C)CC5)ccc4c23)C(=O)N1. The van der Waals surface area contributed by atoms with Crippen LogP contribution in [0, 0.1) is 0 Å². The first kappa shape index (κ1) is 23.1. The Morgan fingerprint density at radius 2 is 2.14 bits per heavy atom. The lowest BCUT2D eigenvalue weighted by molar-refractivity contribution is 0.0945. The number of halogens is 1. The molecule has 6 rings (SSSR count). The van der Waals surface area contributed by atoms with E-state index in [0.717, 1.165) is 63.7 Å². The summed E-state index contributed by atoms with van der Waals surface area (Å²) in [6.07, 6.45) is 5.64. The number of hydrogen-bond acceptors (Lipinski definition) is 8. The molecule has 4 aromatic rings. The number of fused-ring (bicyclic) bond motifs is 5. The molecule has 0 unspecified atom stereocenters. The Morgan fingerprint density at radius 1 is 1.25 bits per heavy atom. The molecule has 1 atom stereocenters. The van der Waals surface area contributed by atoms with Gasteiger partial charge < -0.3 is 20.3 Å². The lowest BCUT2D eigenvalue weighted by atomic mass is 10.0. The molecule has 10 heteroatoms. The summed E-state index contributed by atoms with van der Waals surface area (Å²) in [4.78, 5) is 29.1. The number of rotatable bonds is 4. The number of carbonyl (C=O) groups is 1. The number of carbonyl (C=O) groups excluding carboxylic acids is 1. The zero-order valence-corrected chi connectivity index (χ0v) is 21.5. The van der Waals surface area contributed by atoms with E-state index in [0.29, 0.717) is 23.2 Å². The van der Waals surface area contributed by atoms with E-state index in [-0.39, 0.29) is 17.2 Å². The summed E-state index contributed by atoms with van der Waals surface area (Å²) in [5.41, 5.74) is 3.62. The third-order valence-electron chi connectivity index (χ3n) is 6.74. The molecule has 1 aromatic carbocycles. The number of nitrogens with zero attached hydrogens (tertiary/aromatic N) is 4. The molecule has 0 fully saturated rings. The average molecular weight is 521 g/mol. The summed E-state index contributed by atoms with van der Waals surface area (Å²) in [5, 5.41) is 8.72. The number of anilines is 1. The smallest absolute Gasteiger partial charge is 0.263 e. The van der Waals surface area contributed by atoms with Crippen LogP contribution in [-0.2, 0) is 0 Å². The summed E-state index contributed by atoms with van der Waals surface area (Å²) < 4.78 is 7.21. The second kappa shape index (κ2) is 9.31. The van der Waals surface area contributed by atoms with Crippen LogP contribution in [0.25, 0.3) is 26.6 Å². The normalized spacial score (nSPS) is 18.4. The van der Waals surface area contributed by atoms with Crippen LogP contribution in [0.3, 0.4) is 0 Å². The minimum atomic E-state index is -0.0273. The fourth-order valence-electron chi connectivity index (χ4n) is 4.70. The molecule has 184 valence electrons. The van der Waals surface area contributed by atoms with Crippen molar-refractivity contribution in [2.45, 2.75) is 25.8 Å². The quantitative estimate of drug-likeness (QED) is 0.351. The second-order valence-corrected chi connectivity index (χ2v) is 10.5. The zero-order chi connectivity index (χ0) is 24.8. The second-order valence-electron chi connectivity index (χ2n) is 9.12. The van der Waals surface area contributed by atoms with Crippen molar-refractivity contribution in [1.82, 2.24) is 25.2 Å². The van der Waals surface area contributed by atoms with Gasteiger partial charge in [0.1, 0.15) is 4.88 Å². The van der Waals surface area contributed by atoms with Gasteiger partial charge in [-0.3, -0.25) is 4.79 Å². The first-order valence-electron chi connectivity index (χ1n) is 12.0. The minimum Gasteiger partial charge on any atom is -0.420 e. The molecule has 0 saturated heterocycles. The van der Waals surface area contributed by atoms with E-state index in [1.165, 1.54) is 11.3 Å². The fraction of sp³-hybridized carbons (Fsp3) is 0.308. The highest BCUT2D eigenvalue weighted by Gasteiger charge is 2.26. The Balaban J connectivity index is 1.39. The highest BCUT2D eigenvalue weighted by molar-refractivity contribution is 7.21. The first-order chi connectivity index (χ1) is 17.5. The predicted octanol–water partition coefficient (Wildman–Crippen LogP) is 5.34. The van der Waals surface area contributed by atoms with Gasteiger partial charge in [0.15, 0.2) is 0 Å². The minimum absolute atomic E-state index is 0.0273. The summed E-state index contributed by atoms with van der Waals surface area (Å²) in [5.74, 6) is 0.789. The van der Waals surface area contributed by atoms with Gasteiger partial charge in [-0.25, -0.2) is 9.97 Å². The molecule has 2 aliphatic rings. The Bertz CT molecular complexity index is 1530. The number of hydrogen-bond donors (Lipinski definition) is 2. The largest absolute Gasteiger partial charge is 0.420 e. The molecule has 0 saturated carbocycles. The monoisotopic (exact) mass is 520 g/mol. The molecule has 2 N–H and O–H groups in total. The number of benzene rings is 1. The third-order valence-corrected chi connectivity index (χ3v) is 8.08. The van der Waals surface area contributed by atoms with Gasteiger partial charge in [0.2, 0.25) is 17.0 Å². The summed E-state index contributed by atoms with van der Waals surface area (Å²) in [6.45, 7) is 4.57. The highest BCUT2D eigenvalue weighted by atomic mass is 35.5. The number of pyridine rings is 1. The number of ether oxygens (including phenoxy) is 1. The van der Waals surface area contributed by atoms with Crippen LogP contribution in [-0.4, -0.2) is 58.5 Å². The van der Waals surface area contributed by atoms with Gasteiger partial charge in [-0.05, 0) is 55.3 Å². The number of aromatic nitrogens is 3. The van der Waals surface area contributed by atoms with E-state index < -0.39 is 0 Å². The standard InChI is InChI=1S/C26H25ClN6O2S/c1-3-15-12-28-22-21-16-4-7-20(31-18(16)5-6-19(21)36-23(22)24(34)30-15)35-25-17(13-29-26(27)32-25)14-8-10-33(2)11-9-14/h4-8,13,15,28H,3,9-12H2,1-2H3,(H,30,34)/t15-/m1/s1. The maximum Gasteiger partial charge on any atom is 0.263 e. The van der Waals surface area contributed by atoms with E-state index in [1.54, 1.807) is 6.20 Å². The van der Waals surface area contributed by atoms with Gasteiger partial charge in [0, 0.05) is 53.4 Å². The zero-order valence-electron chi connectivity index (χ0n) is 20.0. The van der Waals surface area contributed by atoms with Gasteiger partial charge in [-0.15, -0.1) is 11.3 Å². The van der Waals surface area contributed by atoms with Crippen molar-refractivity contribution in [3.05, 3.63) is 52.3 Å². The Morgan fingerprint density at radius 3 is 2.94 bits per heavy atom. The third kappa shape index (κ3) is 4.17. The van der Waals surface area contributed by atoms with E-state index in [1.807, 2.05) is 24.3 Å². The molecular weight excluding hydrogens is 496 g/mol. The molecule has 5 heterocycles. The topological polar surface area (TPSA) is 92.3 Å². The van der Waals surface area contributed by atoms with Crippen molar-refractivity contribution in [1.29, 1.82) is 0 Å². The predicted molar refractivity (Wildman–Crippen MR) is 144 cm³/mol. The van der Waals surface area contributed by atoms with E-state index in [9.17, 15) is 4.79 Å². The van der Waals surface area contributed by atoms with Crippen LogP contribution < -0.4 is 15.4 Å². The first-order valence-corrected chi connectivity index (χ1v) is 13.2. The molecule has 0 spiro atoms.